The Hall–Kier alpha value is -0.560. The van der Waals surface area contributed by atoms with Crippen molar-refractivity contribution >= 4 is 0 Å². The number of hydrogen-bond acceptors (Lipinski definition) is 1. The van der Waals surface area contributed by atoms with Crippen LogP contribution in [0, 0.1) is 0 Å². The van der Waals surface area contributed by atoms with E-state index in [1.165, 1.54) is 12.0 Å². The van der Waals surface area contributed by atoms with Gasteiger partial charge in [0.05, 0.1) is 0 Å². The lowest BCUT2D eigenvalue weighted by molar-refractivity contribution is 0.916. The molecule has 0 spiro atoms. The molecule has 0 aromatic rings. The van der Waals surface area contributed by atoms with Crippen LogP contribution in [0.2, 0.25) is 0 Å². The van der Waals surface area contributed by atoms with E-state index in [2.05, 4.69) is 18.2 Å². The van der Waals surface area contributed by atoms with Crippen molar-refractivity contribution in [2.24, 2.45) is 5.73 Å². The van der Waals surface area contributed by atoms with Gasteiger partial charge in [0.1, 0.15) is 0 Å². The van der Waals surface area contributed by atoms with Gasteiger partial charge in [-0.25, -0.2) is 0 Å². The molecule has 1 aliphatic carbocycles. The molecular formula is C7H11N. The Kier molecular flexibility index (Phi) is 1.86. The standard InChI is InChI=1S/C7H11N/c8-6-7-4-2-1-3-5-7/h1-2,4H,3,5-6,8H2. The summed E-state index contributed by atoms with van der Waals surface area (Å²) >= 11 is 0. The average molecular weight is 109 g/mol. The second kappa shape index (κ2) is 2.68. The lowest BCUT2D eigenvalue weighted by Gasteiger charge is -2.03. The van der Waals surface area contributed by atoms with Crippen LogP contribution in [0.15, 0.2) is 23.8 Å². The highest BCUT2D eigenvalue weighted by Crippen LogP contribution is 2.08. The van der Waals surface area contributed by atoms with Gasteiger partial charge in [0.15, 0.2) is 0 Å². The monoisotopic (exact) mass is 109 g/mol. The predicted molar refractivity (Wildman–Crippen MR) is 35.5 cm³/mol. The maximum atomic E-state index is 5.40. The average Bonchev–Trinajstić information content (AvgIpc) is 1.90. The Morgan fingerprint density at radius 1 is 1.62 bits per heavy atom. The van der Waals surface area contributed by atoms with Gasteiger partial charge in [-0.2, -0.15) is 0 Å². The molecule has 0 fully saturated rings. The third-order valence-electron chi connectivity index (χ3n) is 1.36. The van der Waals surface area contributed by atoms with E-state index in [4.69, 9.17) is 5.73 Å². The van der Waals surface area contributed by atoms with Crippen LogP contribution < -0.4 is 5.73 Å². The predicted octanol–water partition coefficient (Wildman–Crippen LogP) is 1.22. The van der Waals surface area contributed by atoms with Crippen molar-refractivity contribution in [1.82, 2.24) is 0 Å². The summed E-state index contributed by atoms with van der Waals surface area (Å²) in [4.78, 5) is 0. The van der Waals surface area contributed by atoms with Crippen LogP contribution in [-0.2, 0) is 0 Å². The Labute approximate surface area is 49.9 Å². The molecule has 0 heterocycles. The Balaban J connectivity index is 2.50. The molecule has 44 valence electrons. The minimum Gasteiger partial charge on any atom is -0.327 e. The van der Waals surface area contributed by atoms with Crippen molar-refractivity contribution in [2.45, 2.75) is 12.8 Å². The van der Waals surface area contributed by atoms with Crippen molar-refractivity contribution in [3.05, 3.63) is 23.8 Å². The maximum absolute atomic E-state index is 5.40. The van der Waals surface area contributed by atoms with E-state index in [0.29, 0.717) is 0 Å². The second-order valence-corrected chi connectivity index (χ2v) is 2.00. The van der Waals surface area contributed by atoms with Crippen molar-refractivity contribution in [1.29, 1.82) is 0 Å². The van der Waals surface area contributed by atoms with E-state index < -0.39 is 0 Å². The van der Waals surface area contributed by atoms with Gasteiger partial charge in [-0.15, -0.1) is 0 Å². The lowest BCUT2D eigenvalue weighted by atomic mass is 10.1. The summed E-state index contributed by atoms with van der Waals surface area (Å²) in [7, 11) is 0. The second-order valence-electron chi connectivity index (χ2n) is 2.00. The molecule has 1 nitrogen and oxygen atoms in total. The molecule has 1 rings (SSSR count). The molecule has 1 heteroatoms. The molecule has 0 saturated heterocycles. The molecular weight excluding hydrogens is 98.1 g/mol. The number of nitrogens with two attached hydrogens (primary N) is 1. The highest BCUT2D eigenvalue weighted by atomic mass is 14.5. The SMILES string of the molecule is NCC1=CC=CCC1. The van der Waals surface area contributed by atoms with Gasteiger partial charge in [0, 0.05) is 6.54 Å². The summed E-state index contributed by atoms with van der Waals surface area (Å²) in [5, 5.41) is 0. The zero-order valence-corrected chi connectivity index (χ0v) is 4.93. The van der Waals surface area contributed by atoms with Gasteiger partial charge in [0.2, 0.25) is 0 Å². The number of rotatable bonds is 1. The largest absolute Gasteiger partial charge is 0.327 e. The molecule has 0 saturated carbocycles. The van der Waals surface area contributed by atoms with E-state index in [9.17, 15) is 0 Å². The smallest absolute Gasteiger partial charge is 0.0140 e. The number of hydrogen-bond donors (Lipinski definition) is 1. The van der Waals surface area contributed by atoms with E-state index in [0.717, 1.165) is 13.0 Å². The summed E-state index contributed by atoms with van der Waals surface area (Å²) < 4.78 is 0. The zero-order valence-electron chi connectivity index (χ0n) is 4.93. The van der Waals surface area contributed by atoms with Crippen molar-refractivity contribution < 1.29 is 0 Å². The van der Waals surface area contributed by atoms with Gasteiger partial charge < -0.3 is 5.73 Å². The molecule has 0 amide bonds. The number of allylic oxidation sites excluding steroid dienone is 3. The fourth-order valence-corrected chi connectivity index (χ4v) is 0.823. The fourth-order valence-electron chi connectivity index (χ4n) is 0.823. The van der Waals surface area contributed by atoms with E-state index in [-0.39, 0.29) is 0 Å². The molecule has 0 aliphatic heterocycles. The summed E-state index contributed by atoms with van der Waals surface area (Å²) in [6, 6.07) is 0. The van der Waals surface area contributed by atoms with Crippen LogP contribution in [0.5, 0.6) is 0 Å². The van der Waals surface area contributed by atoms with Crippen LogP contribution in [-0.4, -0.2) is 6.54 Å². The van der Waals surface area contributed by atoms with E-state index in [1.807, 2.05) is 0 Å². The topological polar surface area (TPSA) is 26.0 Å². The first-order valence-electron chi connectivity index (χ1n) is 2.98. The zero-order chi connectivity index (χ0) is 5.82. The molecule has 0 atom stereocenters. The van der Waals surface area contributed by atoms with Crippen LogP contribution >= 0.6 is 0 Å². The van der Waals surface area contributed by atoms with Crippen LogP contribution in [0.1, 0.15) is 12.8 Å². The van der Waals surface area contributed by atoms with Crippen molar-refractivity contribution in [3.8, 4) is 0 Å². The van der Waals surface area contributed by atoms with Crippen LogP contribution in [0.25, 0.3) is 0 Å². The Morgan fingerprint density at radius 3 is 2.88 bits per heavy atom. The Bertz CT molecular complexity index is 122. The first-order chi connectivity index (χ1) is 3.93. The molecule has 2 N–H and O–H groups in total. The van der Waals surface area contributed by atoms with Gasteiger partial charge in [-0.3, -0.25) is 0 Å². The summed E-state index contributed by atoms with van der Waals surface area (Å²) in [5.41, 5.74) is 6.77. The summed E-state index contributed by atoms with van der Waals surface area (Å²) in [6.45, 7) is 0.727. The molecule has 0 bridgehead atoms. The maximum Gasteiger partial charge on any atom is 0.0140 e. The van der Waals surface area contributed by atoms with Gasteiger partial charge in [0.25, 0.3) is 0 Å². The minimum atomic E-state index is 0.727. The minimum absolute atomic E-state index is 0.727. The fraction of sp³-hybridized carbons (Fsp3) is 0.429. The van der Waals surface area contributed by atoms with E-state index >= 15 is 0 Å². The third-order valence-corrected chi connectivity index (χ3v) is 1.36. The summed E-state index contributed by atoms with van der Waals surface area (Å²) in [6.07, 6.45) is 8.67. The van der Waals surface area contributed by atoms with E-state index in [1.54, 1.807) is 0 Å². The molecule has 0 unspecified atom stereocenters. The summed E-state index contributed by atoms with van der Waals surface area (Å²) in [5.74, 6) is 0. The van der Waals surface area contributed by atoms with Crippen LogP contribution in [0.4, 0.5) is 0 Å². The third kappa shape index (κ3) is 1.20. The molecule has 0 aromatic carbocycles. The van der Waals surface area contributed by atoms with Gasteiger partial charge in [-0.1, -0.05) is 23.8 Å². The normalized spacial score (nSPS) is 18.4. The quantitative estimate of drug-likeness (QED) is 0.538. The highest BCUT2D eigenvalue weighted by molar-refractivity contribution is 5.18. The molecule has 8 heavy (non-hydrogen) atoms. The first kappa shape index (κ1) is 5.57. The van der Waals surface area contributed by atoms with Gasteiger partial charge in [-0.05, 0) is 12.8 Å². The first-order valence-corrected chi connectivity index (χ1v) is 2.98. The molecule has 1 aliphatic rings. The van der Waals surface area contributed by atoms with Crippen molar-refractivity contribution in [2.75, 3.05) is 6.54 Å². The Morgan fingerprint density at radius 2 is 2.50 bits per heavy atom. The van der Waals surface area contributed by atoms with Gasteiger partial charge >= 0.3 is 0 Å². The lowest BCUT2D eigenvalue weighted by Crippen LogP contribution is -2.03. The van der Waals surface area contributed by atoms with Crippen LogP contribution in [0.3, 0.4) is 0 Å². The highest BCUT2D eigenvalue weighted by Gasteiger charge is 1.93. The van der Waals surface area contributed by atoms with Crippen molar-refractivity contribution in [3.63, 3.8) is 0 Å². The molecule has 0 aromatic heterocycles. The molecule has 0 radical (unpaired) electrons.